The number of aliphatic hydroxyl groups is 1. The van der Waals surface area contributed by atoms with Gasteiger partial charge in [-0.05, 0) is 44.5 Å². The van der Waals surface area contributed by atoms with E-state index >= 15 is 0 Å². The molecule has 65 heavy (non-hydrogen) atoms. The van der Waals surface area contributed by atoms with Crippen LogP contribution in [0.3, 0.4) is 0 Å². The summed E-state index contributed by atoms with van der Waals surface area (Å²) in [5.41, 5.74) is 5.75. The summed E-state index contributed by atoms with van der Waals surface area (Å²) in [6.45, 7) is 0.501. The lowest BCUT2D eigenvalue weighted by Crippen LogP contribution is -2.53. The Morgan fingerprint density at radius 2 is 0.815 bits per heavy atom. The third-order valence-electron chi connectivity index (χ3n) is 12.3. The van der Waals surface area contributed by atoms with Crippen molar-refractivity contribution in [2.75, 3.05) is 13.2 Å². The second-order valence-electron chi connectivity index (χ2n) is 16.4. The van der Waals surface area contributed by atoms with Gasteiger partial charge in [0.2, 0.25) is 0 Å². The van der Waals surface area contributed by atoms with Crippen molar-refractivity contribution in [3.8, 4) is 0 Å². The normalized spacial score (nSPS) is 18.2. The second kappa shape index (κ2) is 21.0. The maximum absolute atomic E-state index is 12.3. The molecule has 1 fully saturated rings. The number of aliphatic hydroxyl groups excluding tert-OH is 1. The van der Waals surface area contributed by atoms with Crippen LogP contribution in [0, 0.1) is 0 Å². The van der Waals surface area contributed by atoms with Crippen molar-refractivity contribution in [2.45, 2.75) is 54.9 Å². The second-order valence-corrected chi connectivity index (χ2v) is 16.4. The lowest BCUT2D eigenvalue weighted by atomic mass is 9.80. The predicted molar refractivity (Wildman–Crippen MR) is 255 cm³/mol. The van der Waals surface area contributed by atoms with E-state index in [9.17, 15) is 5.11 Å². The number of hydrogen-bond donors (Lipinski definition) is 1. The lowest BCUT2D eigenvalue weighted by Gasteiger charge is -2.43. The van der Waals surface area contributed by atoms with Crippen molar-refractivity contribution in [3.63, 3.8) is 0 Å². The first-order valence-electron chi connectivity index (χ1n) is 22.4. The minimum atomic E-state index is -1.04. The molecule has 0 aliphatic carbocycles. The smallest absolute Gasteiger partial charge is 0.161 e. The van der Waals surface area contributed by atoms with E-state index in [1.807, 2.05) is 158 Å². The van der Waals surface area contributed by atoms with Gasteiger partial charge < -0.3 is 28.8 Å². The molecular formula is C59H54O6. The van der Waals surface area contributed by atoms with Crippen LogP contribution in [-0.2, 0) is 41.5 Å². The summed E-state index contributed by atoms with van der Waals surface area (Å²) in [5.74, 6) is 0. The van der Waals surface area contributed by atoms with E-state index in [-0.39, 0.29) is 19.6 Å². The van der Waals surface area contributed by atoms with Gasteiger partial charge in [-0.1, -0.05) is 243 Å². The van der Waals surface area contributed by atoms with Crippen LogP contribution in [0.15, 0.2) is 243 Å². The first kappa shape index (κ1) is 43.8. The molecule has 326 valence electrons. The van der Waals surface area contributed by atoms with E-state index in [0.717, 1.165) is 44.5 Å². The minimum absolute atomic E-state index is 0.0243. The molecule has 1 aliphatic heterocycles. The quantitative estimate of drug-likeness (QED) is 0.0867. The Hall–Kier alpha value is -6.48. The van der Waals surface area contributed by atoms with Gasteiger partial charge in [-0.2, -0.15) is 0 Å². The summed E-state index contributed by atoms with van der Waals surface area (Å²) >= 11 is 0. The van der Waals surface area contributed by atoms with E-state index < -0.39 is 41.9 Å². The van der Waals surface area contributed by atoms with Crippen LogP contribution in [0.25, 0.3) is 0 Å². The van der Waals surface area contributed by atoms with Gasteiger partial charge >= 0.3 is 0 Å². The summed E-state index contributed by atoms with van der Waals surface area (Å²) in [4.78, 5) is 0. The Labute approximate surface area is 382 Å². The molecular weight excluding hydrogens is 805 g/mol. The van der Waals surface area contributed by atoms with Gasteiger partial charge in [-0.3, -0.25) is 0 Å². The van der Waals surface area contributed by atoms with Crippen LogP contribution >= 0.6 is 0 Å². The zero-order valence-corrected chi connectivity index (χ0v) is 36.3. The molecule has 1 heterocycles. The molecule has 0 amide bonds. The Kier molecular flexibility index (Phi) is 14.1. The maximum atomic E-state index is 12.3. The fourth-order valence-corrected chi connectivity index (χ4v) is 9.08. The van der Waals surface area contributed by atoms with E-state index in [2.05, 4.69) is 84.9 Å². The van der Waals surface area contributed by atoms with Crippen molar-refractivity contribution in [1.82, 2.24) is 0 Å². The summed E-state index contributed by atoms with van der Waals surface area (Å²) in [7, 11) is 0. The van der Waals surface area contributed by atoms with Gasteiger partial charge in [0, 0.05) is 6.42 Å². The molecule has 0 saturated carbocycles. The number of benzene rings is 8. The van der Waals surface area contributed by atoms with Crippen molar-refractivity contribution in [3.05, 3.63) is 287 Å². The zero-order valence-electron chi connectivity index (χ0n) is 36.3. The Morgan fingerprint density at radius 1 is 0.462 bits per heavy atom. The zero-order chi connectivity index (χ0) is 44.2. The highest BCUT2D eigenvalue weighted by atomic mass is 16.7. The third-order valence-corrected chi connectivity index (χ3v) is 12.3. The standard InChI is InChI=1S/C59H54O6/c60-57-53(61-42-45-25-9-1-10-26-45)41-56(65-55(57)44-63-59(50-35-19-6-20-36-50,51-37-21-7-22-38-51)52-39-23-8-24-40-52)64-54(46-27-11-2-12-28-46)43-62-58(47-29-13-3-14-30-47,48-31-15-4-16-32-48)49-33-17-5-18-34-49/h1-40,53-57,60H,41-44H2/t53-,54-,55-,56-,57+/m0/s1. The lowest BCUT2D eigenvalue weighted by molar-refractivity contribution is -0.287. The van der Waals surface area contributed by atoms with Crippen molar-refractivity contribution < 1.29 is 28.8 Å². The minimum Gasteiger partial charge on any atom is -0.388 e. The van der Waals surface area contributed by atoms with E-state index in [0.29, 0.717) is 6.61 Å². The van der Waals surface area contributed by atoms with Crippen LogP contribution in [0.1, 0.15) is 57.0 Å². The van der Waals surface area contributed by atoms with Gasteiger partial charge in [0.1, 0.15) is 29.5 Å². The maximum Gasteiger partial charge on any atom is 0.161 e. The molecule has 5 atom stereocenters. The molecule has 9 rings (SSSR count). The van der Waals surface area contributed by atoms with Crippen LogP contribution in [0.5, 0.6) is 0 Å². The fourth-order valence-electron chi connectivity index (χ4n) is 9.08. The Balaban J connectivity index is 1.07. The van der Waals surface area contributed by atoms with Crippen LogP contribution in [0.4, 0.5) is 0 Å². The molecule has 8 aromatic rings. The monoisotopic (exact) mass is 858 g/mol. The van der Waals surface area contributed by atoms with E-state index in [1.54, 1.807) is 0 Å². The predicted octanol–water partition coefficient (Wildman–Crippen LogP) is 11.8. The number of rotatable bonds is 18. The average Bonchev–Trinajstić information content (AvgIpc) is 3.39. The Morgan fingerprint density at radius 3 is 1.22 bits per heavy atom. The molecule has 0 spiro atoms. The molecule has 0 bridgehead atoms. The Bertz CT molecular complexity index is 2410. The molecule has 8 aromatic carbocycles. The van der Waals surface area contributed by atoms with E-state index in [4.69, 9.17) is 23.7 Å². The van der Waals surface area contributed by atoms with Crippen LogP contribution in [-0.4, -0.2) is 42.9 Å². The summed E-state index contributed by atoms with van der Waals surface area (Å²) < 4.78 is 35.3. The van der Waals surface area contributed by atoms with Gasteiger partial charge in [-0.15, -0.1) is 0 Å². The van der Waals surface area contributed by atoms with Crippen molar-refractivity contribution in [2.24, 2.45) is 0 Å². The topological polar surface area (TPSA) is 66.4 Å². The summed E-state index contributed by atoms with van der Waals surface area (Å²) in [5, 5.41) is 12.3. The highest BCUT2D eigenvalue weighted by Gasteiger charge is 2.45. The SMILES string of the molecule is O[C@@H]1[C@@H](OCc2ccccc2)C[C@@H](O[C@@H](COC(c2ccccc2)(c2ccccc2)c2ccccc2)c2ccccc2)O[C@H]1COC(c1ccccc1)(c1ccccc1)c1ccccc1. The number of hydrogen-bond acceptors (Lipinski definition) is 6. The molecule has 0 unspecified atom stereocenters. The van der Waals surface area contributed by atoms with Gasteiger partial charge in [0.15, 0.2) is 6.29 Å². The molecule has 1 saturated heterocycles. The number of ether oxygens (including phenoxy) is 5. The third kappa shape index (κ3) is 9.80. The van der Waals surface area contributed by atoms with Crippen LogP contribution < -0.4 is 0 Å². The first-order chi connectivity index (χ1) is 32.1. The van der Waals surface area contributed by atoms with E-state index in [1.165, 1.54) is 0 Å². The van der Waals surface area contributed by atoms with Crippen molar-refractivity contribution >= 4 is 0 Å². The summed E-state index contributed by atoms with van der Waals surface area (Å²) in [6, 6.07) is 81.8. The summed E-state index contributed by atoms with van der Waals surface area (Å²) in [6.07, 6.45) is -3.63. The fraction of sp³-hybridized carbons (Fsp3) is 0.186. The van der Waals surface area contributed by atoms with Gasteiger partial charge in [0.25, 0.3) is 0 Å². The average molecular weight is 859 g/mol. The molecule has 0 aromatic heterocycles. The molecule has 0 radical (unpaired) electrons. The van der Waals surface area contributed by atoms with Crippen molar-refractivity contribution in [1.29, 1.82) is 0 Å². The highest BCUT2D eigenvalue weighted by Crippen LogP contribution is 2.44. The largest absolute Gasteiger partial charge is 0.388 e. The van der Waals surface area contributed by atoms with Crippen LogP contribution in [0.2, 0.25) is 0 Å². The molecule has 6 heteroatoms. The first-order valence-corrected chi connectivity index (χ1v) is 22.4. The van der Waals surface area contributed by atoms with Gasteiger partial charge in [-0.25, -0.2) is 0 Å². The molecule has 1 N–H and O–H groups in total. The molecule has 6 nitrogen and oxygen atoms in total. The molecule has 1 aliphatic rings. The highest BCUT2D eigenvalue weighted by molar-refractivity contribution is 5.49. The van der Waals surface area contributed by atoms with Gasteiger partial charge in [0.05, 0.1) is 25.9 Å².